The quantitative estimate of drug-likeness (QED) is 0.837. The van der Waals surface area contributed by atoms with Gasteiger partial charge in [0.1, 0.15) is 5.82 Å². The highest BCUT2D eigenvalue weighted by atomic mass is 35.5. The van der Waals surface area contributed by atoms with Gasteiger partial charge in [-0.05, 0) is 31.0 Å². The second kappa shape index (κ2) is 4.67. The molecule has 2 aliphatic rings. The van der Waals surface area contributed by atoms with Crippen LogP contribution in [0.1, 0.15) is 32.1 Å². The summed E-state index contributed by atoms with van der Waals surface area (Å²) in [5.41, 5.74) is 0.144. The van der Waals surface area contributed by atoms with E-state index in [9.17, 15) is 9.18 Å². The molecule has 1 aliphatic carbocycles. The maximum absolute atomic E-state index is 13.9. The molecule has 102 valence electrons. The van der Waals surface area contributed by atoms with Crippen LogP contribution in [0.4, 0.5) is 14.9 Å². The first-order chi connectivity index (χ1) is 9.10. The number of halogens is 2. The average Bonchev–Trinajstić information content (AvgIpc) is 2.67. The third-order valence-electron chi connectivity index (χ3n) is 4.09. The maximum atomic E-state index is 13.9. The lowest BCUT2D eigenvalue weighted by molar-refractivity contribution is 0.237. The number of rotatable bonds is 1. The van der Waals surface area contributed by atoms with Crippen molar-refractivity contribution >= 4 is 23.3 Å². The molecule has 1 saturated heterocycles. The van der Waals surface area contributed by atoms with E-state index in [4.69, 9.17) is 11.6 Å². The second-order valence-electron chi connectivity index (χ2n) is 5.45. The number of nitrogens with one attached hydrogen (secondary N) is 1. The van der Waals surface area contributed by atoms with Crippen molar-refractivity contribution in [2.75, 3.05) is 11.4 Å². The van der Waals surface area contributed by atoms with Crippen LogP contribution in [0.15, 0.2) is 18.2 Å². The normalized spacial score (nSPS) is 21.8. The number of urea groups is 1. The molecule has 2 amide bonds. The van der Waals surface area contributed by atoms with Crippen molar-refractivity contribution in [3.8, 4) is 0 Å². The molecule has 1 spiro atoms. The molecule has 3 nitrogen and oxygen atoms in total. The van der Waals surface area contributed by atoms with Gasteiger partial charge >= 0.3 is 6.03 Å². The minimum Gasteiger partial charge on any atom is -0.330 e. The summed E-state index contributed by atoms with van der Waals surface area (Å²) in [4.78, 5) is 13.6. The van der Waals surface area contributed by atoms with E-state index in [2.05, 4.69) is 5.32 Å². The van der Waals surface area contributed by atoms with E-state index in [-0.39, 0.29) is 11.6 Å². The molecule has 1 aromatic rings. The van der Waals surface area contributed by atoms with Crippen molar-refractivity contribution in [2.45, 2.75) is 37.6 Å². The van der Waals surface area contributed by atoms with Crippen LogP contribution in [0.3, 0.4) is 0 Å². The van der Waals surface area contributed by atoms with E-state index in [0.29, 0.717) is 17.3 Å². The third-order valence-corrected chi connectivity index (χ3v) is 4.32. The van der Waals surface area contributed by atoms with Gasteiger partial charge in [-0.25, -0.2) is 9.18 Å². The zero-order valence-electron chi connectivity index (χ0n) is 10.6. The number of carbonyl (C=O) groups is 1. The van der Waals surface area contributed by atoms with Gasteiger partial charge in [0.15, 0.2) is 0 Å². The molecule has 0 aromatic heterocycles. The largest absolute Gasteiger partial charge is 0.330 e. The predicted octanol–water partition coefficient (Wildman–Crippen LogP) is 3.71. The molecule has 3 rings (SSSR count). The molecule has 1 N–H and O–H groups in total. The van der Waals surface area contributed by atoms with Crippen molar-refractivity contribution in [2.24, 2.45) is 0 Å². The van der Waals surface area contributed by atoms with E-state index in [1.54, 1.807) is 12.1 Å². The molecule has 1 heterocycles. The molecular formula is C14H16ClFN2O. The van der Waals surface area contributed by atoms with Crippen LogP contribution >= 0.6 is 11.6 Å². The SMILES string of the molecule is O=C1NC2(CCCCC2)CN1c1ccc(Cl)cc1F. The monoisotopic (exact) mass is 282 g/mol. The van der Waals surface area contributed by atoms with Gasteiger partial charge in [-0.15, -0.1) is 0 Å². The minimum atomic E-state index is -0.449. The molecule has 5 heteroatoms. The van der Waals surface area contributed by atoms with E-state index in [1.807, 2.05) is 0 Å². The Labute approximate surface area is 116 Å². The lowest BCUT2D eigenvalue weighted by atomic mass is 9.82. The fraction of sp³-hybridized carbons (Fsp3) is 0.500. The lowest BCUT2D eigenvalue weighted by Crippen LogP contribution is -2.44. The zero-order valence-corrected chi connectivity index (χ0v) is 11.3. The number of benzene rings is 1. The van der Waals surface area contributed by atoms with E-state index >= 15 is 0 Å². The van der Waals surface area contributed by atoms with Crippen molar-refractivity contribution in [3.63, 3.8) is 0 Å². The summed E-state index contributed by atoms with van der Waals surface area (Å²) in [7, 11) is 0. The summed E-state index contributed by atoms with van der Waals surface area (Å²) in [6, 6.07) is 4.22. The van der Waals surface area contributed by atoms with Crippen molar-refractivity contribution in [1.29, 1.82) is 0 Å². The number of hydrogen-bond donors (Lipinski definition) is 1. The summed E-state index contributed by atoms with van der Waals surface area (Å²) in [6.45, 7) is 0.546. The van der Waals surface area contributed by atoms with Gasteiger partial charge in [0.05, 0.1) is 17.8 Å². The van der Waals surface area contributed by atoms with E-state index in [0.717, 1.165) is 25.7 Å². The van der Waals surface area contributed by atoms with E-state index < -0.39 is 5.82 Å². The molecule has 1 aliphatic heterocycles. The van der Waals surface area contributed by atoms with Crippen LogP contribution < -0.4 is 10.2 Å². The fourth-order valence-corrected chi connectivity index (χ4v) is 3.27. The number of hydrogen-bond acceptors (Lipinski definition) is 1. The number of anilines is 1. The van der Waals surface area contributed by atoms with Crippen LogP contribution in [-0.4, -0.2) is 18.1 Å². The number of carbonyl (C=O) groups excluding carboxylic acids is 1. The first-order valence-electron chi connectivity index (χ1n) is 6.64. The van der Waals surface area contributed by atoms with Gasteiger partial charge in [-0.1, -0.05) is 30.9 Å². The molecule has 0 atom stereocenters. The highest BCUT2D eigenvalue weighted by Crippen LogP contribution is 2.35. The molecule has 1 saturated carbocycles. The van der Waals surface area contributed by atoms with Crippen molar-refractivity contribution in [1.82, 2.24) is 5.32 Å². The van der Waals surface area contributed by atoms with Crippen LogP contribution in [-0.2, 0) is 0 Å². The Morgan fingerprint density at radius 3 is 2.68 bits per heavy atom. The summed E-state index contributed by atoms with van der Waals surface area (Å²) in [5, 5.41) is 3.39. The van der Waals surface area contributed by atoms with Crippen LogP contribution in [0.25, 0.3) is 0 Å². The highest BCUT2D eigenvalue weighted by molar-refractivity contribution is 6.30. The molecule has 0 unspecified atom stereocenters. The maximum Gasteiger partial charge on any atom is 0.322 e. The van der Waals surface area contributed by atoms with Gasteiger partial charge in [-0.3, -0.25) is 4.90 Å². The molecule has 0 bridgehead atoms. The van der Waals surface area contributed by atoms with Gasteiger partial charge in [0.25, 0.3) is 0 Å². The first kappa shape index (κ1) is 12.7. The summed E-state index contributed by atoms with van der Waals surface area (Å²) >= 11 is 5.74. The molecular weight excluding hydrogens is 267 g/mol. The van der Waals surface area contributed by atoms with Crippen LogP contribution in [0.2, 0.25) is 5.02 Å². The molecule has 1 aromatic carbocycles. The second-order valence-corrected chi connectivity index (χ2v) is 5.89. The summed E-state index contributed by atoms with van der Waals surface area (Å²) in [6.07, 6.45) is 5.41. The van der Waals surface area contributed by atoms with Gasteiger partial charge in [0.2, 0.25) is 0 Å². The Morgan fingerprint density at radius 2 is 2.00 bits per heavy atom. The smallest absolute Gasteiger partial charge is 0.322 e. The molecule has 19 heavy (non-hydrogen) atoms. The summed E-state index contributed by atoms with van der Waals surface area (Å²) < 4.78 is 13.9. The van der Waals surface area contributed by atoms with Gasteiger partial charge in [0, 0.05) is 5.02 Å². The topological polar surface area (TPSA) is 32.3 Å². The van der Waals surface area contributed by atoms with Gasteiger partial charge < -0.3 is 5.32 Å². The van der Waals surface area contributed by atoms with Crippen molar-refractivity contribution < 1.29 is 9.18 Å². The minimum absolute atomic E-state index is 0.165. The Balaban J connectivity index is 1.87. The van der Waals surface area contributed by atoms with E-state index in [1.165, 1.54) is 17.4 Å². The third kappa shape index (κ3) is 2.29. The zero-order chi connectivity index (χ0) is 13.5. The standard InChI is InChI=1S/C14H16ClFN2O/c15-10-4-5-12(11(16)8-10)18-9-14(17-13(18)19)6-2-1-3-7-14/h4-5,8H,1-3,6-7,9H2,(H,17,19). The van der Waals surface area contributed by atoms with Crippen LogP contribution in [0.5, 0.6) is 0 Å². The highest BCUT2D eigenvalue weighted by Gasteiger charge is 2.43. The fourth-order valence-electron chi connectivity index (χ4n) is 3.11. The average molecular weight is 283 g/mol. The molecule has 0 radical (unpaired) electrons. The Kier molecular flexibility index (Phi) is 3.13. The van der Waals surface area contributed by atoms with Crippen LogP contribution in [0, 0.1) is 5.82 Å². The Hall–Kier alpha value is -1.29. The Bertz CT molecular complexity index is 514. The summed E-state index contributed by atoms with van der Waals surface area (Å²) in [5.74, 6) is -0.449. The number of amides is 2. The predicted molar refractivity (Wildman–Crippen MR) is 73.1 cm³/mol. The van der Waals surface area contributed by atoms with Gasteiger partial charge in [-0.2, -0.15) is 0 Å². The number of nitrogens with zero attached hydrogens (tertiary/aromatic N) is 1. The Morgan fingerprint density at radius 1 is 1.26 bits per heavy atom. The van der Waals surface area contributed by atoms with Crippen molar-refractivity contribution in [3.05, 3.63) is 29.0 Å². The lowest BCUT2D eigenvalue weighted by Gasteiger charge is -2.32. The first-order valence-corrected chi connectivity index (χ1v) is 7.02. The molecule has 2 fully saturated rings.